The lowest BCUT2D eigenvalue weighted by Crippen LogP contribution is -2.21. The number of fused-ring (bicyclic) bond motifs is 1. The molecule has 1 unspecified atom stereocenters. The summed E-state index contributed by atoms with van der Waals surface area (Å²) in [5, 5.41) is 0. The second-order valence-electron chi connectivity index (χ2n) is 4.71. The van der Waals surface area contributed by atoms with Crippen molar-refractivity contribution < 1.29 is 14.3 Å². The third-order valence-corrected chi connectivity index (χ3v) is 3.02. The molecule has 0 bridgehead atoms. The molecule has 0 fully saturated rings. The van der Waals surface area contributed by atoms with Crippen LogP contribution in [0.15, 0.2) is 24.3 Å². The second-order valence-corrected chi connectivity index (χ2v) is 4.71. The van der Waals surface area contributed by atoms with E-state index in [9.17, 15) is 9.59 Å². The minimum absolute atomic E-state index is 0.0946. The highest BCUT2D eigenvalue weighted by Crippen LogP contribution is 2.26. The van der Waals surface area contributed by atoms with Crippen LogP contribution in [-0.2, 0) is 16.0 Å². The first-order valence-electron chi connectivity index (χ1n) is 5.88. The van der Waals surface area contributed by atoms with Crippen molar-refractivity contribution >= 4 is 11.8 Å². The monoisotopic (exact) mass is 232 g/mol. The number of ketones is 1. The first-order valence-corrected chi connectivity index (χ1v) is 5.88. The van der Waals surface area contributed by atoms with Crippen molar-refractivity contribution in [1.29, 1.82) is 0 Å². The Kier molecular flexibility index (Phi) is 3.27. The summed E-state index contributed by atoms with van der Waals surface area (Å²) < 4.78 is 5.13. The number of hydrogen-bond acceptors (Lipinski definition) is 3. The number of benzene rings is 1. The molecule has 0 aromatic heterocycles. The molecule has 1 aromatic carbocycles. The molecule has 0 spiro atoms. The van der Waals surface area contributed by atoms with Crippen LogP contribution in [0.1, 0.15) is 29.8 Å². The van der Waals surface area contributed by atoms with Gasteiger partial charge in [0.05, 0.1) is 11.8 Å². The zero-order chi connectivity index (χ0) is 12.4. The molecule has 0 radical (unpaired) electrons. The molecule has 0 N–H and O–H groups in total. The summed E-state index contributed by atoms with van der Waals surface area (Å²) in [7, 11) is 0. The average Bonchev–Trinajstić information content (AvgIpc) is 2.64. The highest BCUT2D eigenvalue weighted by atomic mass is 16.5. The van der Waals surface area contributed by atoms with E-state index >= 15 is 0 Å². The number of rotatable bonds is 3. The molecular weight excluding hydrogens is 216 g/mol. The normalized spacial score (nSPS) is 18.3. The number of carbonyl (C=O) groups excluding carboxylic acids is 2. The Morgan fingerprint density at radius 2 is 2.12 bits per heavy atom. The minimum atomic E-state index is -0.242. The molecule has 17 heavy (non-hydrogen) atoms. The van der Waals surface area contributed by atoms with E-state index in [0.717, 1.165) is 11.1 Å². The van der Waals surface area contributed by atoms with E-state index in [2.05, 4.69) is 0 Å². The van der Waals surface area contributed by atoms with E-state index in [0.29, 0.717) is 6.42 Å². The van der Waals surface area contributed by atoms with Gasteiger partial charge in [0.15, 0.2) is 5.78 Å². The number of Topliss-reactive ketones (excluding diaryl/α,β-unsaturated/α-hetero) is 1. The summed E-state index contributed by atoms with van der Waals surface area (Å²) >= 11 is 0. The third kappa shape index (κ3) is 2.38. The first kappa shape index (κ1) is 11.8. The minimum Gasteiger partial charge on any atom is -0.465 e. The van der Waals surface area contributed by atoms with Crippen molar-refractivity contribution in [1.82, 2.24) is 0 Å². The molecule has 1 aliphatic rings. The standard InChI is InChI=1S/C14H16O3/c1-9(2)14(16)17-8-11-7-10-5-3-4-6-12(10)13(11)15/h3-6,9,11H,7-8H2,1-2H3. The third-order valence-electron chi connectivity index (χ3n) is 3.02. The molecule has 3 nitrogen and oxygen atoms in total. The summed E-state index contributed by atoms with van der Waals surface area (Å²) in [5.41, 5.74) is 1.83. The summed E-state index contributed by atoms with van der Waals surface area (Å²) in [5.74, 6) is -0.491. The zero-order valence-corrected chi connectivity index (χ0v) is 10.1. The van der Waals surface area contributed by atoms with Gasteiger partial charge in [0, 0.05) is 5.56 Å². The molecule has 1 atom stereocenters. The van der Waals surface area contributed by atoms with E-state index in [4.69, 9.17) is 4.74 Å². The Labute approximate surface area is 101 Å². The maximum absolute atomic E-state index is 12.0. The van der Waals surface area contributed by atoms with Crippen LogP contribution in [0.3, 0.4) is 0 Å². The van der Waals surface area contributed by atoms with Crippen molar-refractivity contribution in [3.63, 3.8) is 0 Å². The van der Waals surface area contributed by atoms with Crippen molar-refractivity contribution in [2.75, 3.05) is 6.61 Å². The fourth-order valence-electron chi connectivity index (χ4n) is 2.00. The van der Waals surface area contributed by atoms with Crippen LogP contribution < -0.4 is 0 Å². The van der Waals surface area contributed by atoms with Crippen LogP contribution in [-0.4, -0.2) is 18.4 Å². The second kappa shape index (κ2) is 4.70. The van der Waals surface area contributed by atoms with Crippen molar-refractivity contribution in [3.05, 3.63) is 35.4 Å². The summed E-state index contributed by atoms with van der Waals surface area (Å²) in [6.07, 6.45) is 0.681. The van der Waals surface area contributed by atoms with Crippen molar-refractivity contribution in [2.45, 2.75) is 20.3 Å². The van der Waals surface area contributed by atoms with Crippen molar-refractivity contribution in [2.24, 2.45) is 11.8 Å². The predicted molar refractivity (Wildman–Crippen MR) is 63.8 cm³/mol. The van der Waals surface area contributed by atoms with Gasteiger partial charge in [-0.1, -0.05) is 38.1 Å². The molecule has 1 aliphatic carbocycles. The number of esters is 1. The fourth-order valence-corrected chi connectivity index (χ4v) is 2.00. The Morgan fingerprint density at radius 1 is 1.41 bits per heavy atom. The summed E-state index contributed by atoms with van der Waals surface area (Å²) in [6.45, 7) is 3.77. The van der Waals surface area contributed by atoms with Gasteiger partial charge < -0.3 is 4.74 Å². The van der Waals surface area contributed by atoms with Gasteiger partial charge >= 0.3 is 5.97 Å². The first-order chi connectivity index (χ1) is 8.09. The molecule has 2 rings (SSSR count). The Bertz CT molecular complexity index is 449. The van der Waals surface area contributed by atoms with Gasteiger partial charge in [-0.15, -0.1) is 0 Å². The highest BCUT2D eigenvalue weighted by Gasteiger charge is 2.31. The molecule has 1 aromatic rings. The predicted octanol–water partition coefficient (Wildman–Crippen LogP) is 2.24. The molecule has 0 heterocycles. The van der Waals surface area contributed by atoms with E-state index in [1.807, 2.05) is 24.3 Å². The van der Waals surface area contributed by atoms with E-state index in [1.165, 1.54) is 0 Å². The van der Waals surface area contributed by atoms with Gasteiger partial charge in [-0.25, -0.2) is 0 Å². The molecule has 3 heteroatoms. The molecule has 0 saturated heterocycles. The van der Waals surface area contributed by atoms with Crippen LogP contribution in [0.5, 0.6) is 0 Å². The molecule has 0 saturated carbocycles. The Balaban J connectivity index is 1.99. The molecule has 90 valence electrons. The number of ether oxygens (including phenoxy) is 1. The molecule has 0 aliphatic heterocycles. The van der Waals surface area contributed by atoms with Crippen LogP contribution in [0.4, 0.5) is 0 Å². The van der Waals surface area contributed by atoms with E-state index in [1.54, 1.807) is 13.8 Å². The average molecular weight is 232 g/mol. The van der Waals surface area contributed by atoms with Crippen LogP contribution in [0.2, 0.25) is 0 Å². The van der Waals surface area contributed by atoms with Crippen molar-refractivity contribution in [3.8, 4) is 0 Å². The molecular formula is C14H16O3. The topological polar surface area (TPSA) is 43.4 Å². The largest absolute Gasteiger partial charge is 0.465 e. The highest BCUT2D eigenvalue weighted by molar-refractivity contribution is 6.02. The smallest absolute Gasteiger partial charge is 0.308 e. The lowest BCUT2D eigenvalue weighted by atomic mass is 10.1. The number of hydrogen-bond donors (Lipinski definition) is 0. The van der Waals surface area contributed by atoms with Gasteiger partial charge in [0.2, 0.25) is 0 Å². The Morgan fingerprint density at radius 3 is 2.76 bits per heavy atom. The Hall–Kier alpha value is -1.64. The van der Waals surface area contributed by atoms with E-state index in [-0.39, 0.29) is 30.2 Å². The van der Waals surface area contributed by atoms with Crippen LogP contribution in [0, 0.1) is 11.8 Å². The lowest BCUT2D eigenvalue weighted by Gasteiger charge is -2.10. The maximum Gasteiger partial charge on any atom is 0.308 e. The van der Waals surface area contributed by atoms with Gasteiger partial charge in [0.1, 0.15) is 6.61 Å². The quantitative estimate of drug-likeness (QED) is 0.751. The van der Waals surface area contributed by atoms with Gasteiger partial charge in [-0.05, 0) is 12.0 Å². The van der Waals surface area contributed by atoms with Crippen LogP contribution >= 0.6 is 0 Å². The van der Waals surface area contributed by atoms with Gasteiger partial charge in [0.25, 0.3) is 0 Å². The molecule has 0 amide bonds. The summed E-state index contributed by atoms with van der Waals surface area (Å²) in [4.78, 5) is 23.3. The zero-order valence-electron chi connectivity index (χ0n) is 10.1. The number of carbonyl (C=O) groups is 2. The maximum atomic E-state index is 12.0. The lowest BCUT2D eigenvalue weighted by molar-refractivity contribution is -0.148. The van der Waals surface area contributed by atoms with Gasteiger partial charge in [-0.2, -0.15) is 0 Å². The van der Waals surface area contributed by atoms with Gasteiger partial charge in [-0.3, -0.25) is 9.59 Å². The summed E-state index contributed by atoms with van der Waals surface area (Å²) in [6, 6.07) is 7.58. The SMILES string of the molecule is CC(C)C(=O)OCC1Cc2ccccc2C1=O. The fraction of sp³-hybridized carbons (Fsp3) is 0.429. The van der Waals surface area contributed by atoms with Crippen LogP contribution in [0.25, 0.3) is 0 Å². The van der Waals surface area contributed by atoms with E-state index < -0.39 is 0 Å².